The molecule has 1 heterocycles. The first-order valence-corrected chi connectivity index (χ1v) is 7.29. The third kappa shape index (κ3) is 3.02. The fourth-order valence-corrected chi connectivity index (χ4v) is 2.36. The molecule has 2 rings (SSSR count). The van der Waals surface area contributed by atoms with E-state index < -0.39 is 21.9 Å². The van der Waals surface area contributed by atoms with Crippen LogP contribution in [-0.4, -0.2) is 20.6 Å². The van der Waals surface area contributed by atoms with Crippen LogP contribution >= 0.6 is 11.6 Å². The number of carbonyl (C=O) groups excluding carboxylic acids is 1. The van der Waals surface area contributed by atoms with Crippen LogP contribution in [0.25, 0.3) is 0 Å². The second-order valence-electron chi connectivity index (χ2n) is 3.87. The number of ether oxygens (including phenoxy) is 1. The number of rotatable bonds is 3. The van der Waals surface area contributed by atoms with Crippen LogP contribution in [-0.2, 0) is 19.6 Å². The Bertz CT molecular complexity index is 606. The monoisotopic (exact) mass is 287 g/mol. The van der Waals surface area contributed by atoms with Gasteiger partial charge in [-0.2, -0.15) is 0 Å². The molecule has 5 nitrogen and oxygen atoms in total. The number of benzene rings is 1. The first-order chi connectivity index (χ1) is 8.35. The molecular weight excluding hydrogens is 278 g/mol. The molecule has 7 heteroatoms. The van der Waals surface area contributed by atoms with Gasteiger partial charge in [-0.25, -0.2) is 8.42 Å². The molecule has 0 amide bonds. The number of cyclic esters (lactones) is 1. The van der Waals surface area contributed by atoms with Crippen LogP contribution in [0.15, 0.2) is 35.6 Å². The third-order valence-electron chi connectivity index (χ3n) is 2.32. The highest BCUT2D eigenvalue weighted by molar-refractivity contribution is 7.92. The Morgan fingerprint density at radius 3 is 2.33 bits per heavy atom. The molecule has 1 N–H and O–H groups in total. The Balaban J connectivity index is 2.21. The fraction of sp³-hybridized carbons (Fsp3) is 0.182. The molecule has 18 heavy (non-hydrogen) atoms. The summed E-state index contributed by atoms with van der Waals surface area (Å²) in [4.78, 5) is 11.4. The van der Waals surface area contributed by atoms with Crippen LogP contribution in [0.1, 0.15) is 11.5 Å². The zero-order valence-corrected chi connectivity index (χ0v) is 11.0. The van der Waals surface area contributed by atoms with Crippen LogP contribution in [0.5, 0.6) is 0 Å². The van der Waals surface area contributed by atoms with Crippen molar-refractivity contribution in [2.75, 3.05) is 11.0 Å². The van der Waals surface area contributed by atoms with Crippen molar-refractivity contribution in [1.82, 2.24) is 0 Å². The molecular formula is C11H10ClNO4S. The summed E-state index contributed by atoms with van der Waals surface area (Å²) in [7, 11) is -3.30. The lowest BCUT2D eigenvalue weighted by atomic mass is 10.0. The average molecular weight is 288 g/mol. The van der Waals surface area contributed by atoms with Gasteiger partial charge in [-0.05, 0) is 35.4 Å². The van der Waals surface area contributed by atoms with E-state index in [4.69, 9.17) is 16.3 Å². The number of anilines is 1. The molecule has 0 spiro atoms. The first kappa shape index (κ1) is 12.9. The largest absolute Gasteiger partial charge is 0.414 e. The quantitative estimate of drug-likeness (QED) is 0.860. The van der Waals surface area contributed by atoms with Gasteiger partial charge in [0.2, 0.25) is 10.0 Å². The second kappa shape index (κ2) is 4.62. The zero-order valence-electron chi connectivity index (χ0n) is 9.38. The lowest BCUT2D eigenvalue weighted by molar-refractivity contribution is -0.137. The normalized spacial score (nSPS) is 19.3. The third-order valence-corrected chi connectivity index (χ3v) is 3.13. The molecule has 1 unspecified atom stereocenters. The van der Waals surface area contributed by atoms with Crippen molar-refractivity contribution >= 4 is 33.3 Å². The van der Waals surface area contributed by atoms with Gasteiger partial charge in [-0.3, -0.25) is 9.52 Å². The van der Waals surface area contributed by atoms with Gasteiger partial charge in [0, 0.05) is 5.69 Å². The minimum Gasteiger partial charge on any atom is -0.414 e. The predicted molar refractivity (Wildman–Crippen MR) is 67.7 cm³/mol. The van der Waals surface area contributed by atoms with Gasteiger partial charge in [0.15, 0.2) is 5.22 Å². The molecule has 0 saturated carbocycles. The molecule has 0 aliphatic carbocycles. The van der Waals surface area contributed by atoms with E-state index >= 15 is 0 Å². The van der Waals surface area contributed by atoms with Crippen LogP contribution in [0.4, 0.5) is 5.69 Å². The molecule has 96 valence electrons. The van der Waals surface area contributed by atoms with Crippen LogP contribution in [0.3, 0.4) is 0 Å². The van der Waals surface area contributed by atoms with Gasteiger partial charge in [0.25, 0.3) is 0 Å². The van der Waals surface area contributed by atoms with E-state index in [0.29, 0.717) is 11.3 Å². The van der Waals surface area contributed by atoms with Gasteiger partial charge in [0.1, 0.15) is 5.92 Å². The van der Waals surface area contributed by atoms with E-state index in [1.54, 1.807) is 24.3 Å². The topological polar surface area (TPSA) is 72.5 Å². The molecule has 0 bridgehead atoms. The highest BCUT2D eigenvalue weighted by Gasteiger charge is 2.27. The van der Waals surface area contributed by atoms with E-state index in [2.05, 4.69) is 4.72 Å². The molecule has 0 fully saturated rings. The van der Waals surface area contributed by atoms with Gasteiger partial charge in [0.05, 0.1) is 6.26 Å². The van der Waals surface area contributed by atoms with Gasteiger partial charge >= 0.3 is 5.97 Å². The number of hydrogen-bond acceptors (Lipinski definition) is 4. The van der Waals surface area contributed by atoms with Gasteiger partial charge in [-0.15, -0.1) is 0 Å². The summed E-state index contributed by atoms with van der Waals surface area (Å²) < 4.78 is 29.1. The average Bonchev–Trinajstić information content (AvgIpc) is 2.57. The Morgan fingerprint density at radius 1 is 1.28 bits per heavy atom. The smallest absolute Gasteiger partial charge is 0.323 e. The van der Waals surface area contributed by atoms with E-state index in [1.807, 2.05) is 0 Å². The van der Waals surface area contributed by atoms with Crippen LogP contribution in [0, 0.1) is 0 Å². The SMILES string of the molecule is CS(=O)(=O)Nc1ccc(C2C=C(Cl)OC2=O)cc1. The number of sulfonamides is 1. The van der Waals surface area contributed by atoms with Crippen LogP contribution in [0.2, 0.25) is 0 Å². The molecule has 0 aromatic heterocycles. The molecule has 0 radical (unpaired) electrons. The van der Waals surface area contributed by atoms with Crippen molar-refractivity contribution in [2.45, 2.75) is 5.92 Å². The summed E-state index contributed by atoms with van der Waals surface area (Å²) >= 11 is 5.60. The van der Waals surface area contributed by atoms with Gasteiger partial charge in [-0.1, -0.05) is 12.1 Å². The molecule has 0 saturated heterocycles. The van der Waals surface area contributed by atoms with Crippen molar-refractivity contribution in [2.24, 2.45) is 0 Å². The maximum absolute atomic E-state index is 11.4. The zero-order chi connectivity index (χ0) is 13.3. The summed E-state index contributed by atoms with van der Waals surface area (Å²) in [5.41, 5.74) is 1.12. The Hall–Kier alpha value is -1.53. The number of carbonyl (C=O) groups is 1. The minimum absolute atomic E-state index is 0.0586. The summed E-state index contributed by atoms with van der Waals surface area (Å²) in [6.07, 6.45) is 2.57. The van der Waals surface area contributed by atoms with Crippen molar-refractivity contribution in [1.29, 1.82) is 0 Å². The van der Waals surface area contributed by atoms with E-state index in [0.717, 1.165) is 6.26 Å². The van der Waals surface area contributed by atoms with E-state index in [9.17, 15) is 13.2 Å². The van der Waals surface area contributed by atoms with Crippen molar-refractivity contribution in [3.8, 4) is 0 Å². The van der Waals surface area contributed by atoms with Gasteiger partial charge < -0.3 is 4.74 Å². The Morgan fingerprint density at radius 2 is 1.89 bits per heavy atom. The molecule has 1 aliphatic rings. The summed E-state index contributed by atoms with van der Waals surface area (Å²) in [6.45, 7) is 0. The number of nitrogens with one attached hydrogen (secondary N) is 1. The van der Waals surface area contributed by atoms with Crippen LogP contribution < -0.4 is 4.72 Å². The maximum atomic E-state index is 11.4. The minimum atomic E-state index is -3.30. The summed E-state index contributed by atoms with van der Waals surface area (Å²) in [5, 5.41) is 0.0586. The highest BCUT2D eigenvalue weighted by atomic mass is 35.5. The molecule has 1 aromatic rings. The standard InChI is InChI=1S/C11H10ClNO4S/c1-18(15,16)13-8-4-2-7(3-5-8)9-6-10(12)17-11(9)14/h2-6,9,13H,1H3. The highest BCUT2D eigenvalue weighted by Crippen LogP contribution is 2.30. The lowest BCUT2D eigenvalue weighted by Gasteiger charge is -2.07. The predicted octanol–water partition coefficient (Wildman–Crippen LogP) is 1.78. The van der Waals surface area contributed by atoms with E-state index in [-0.39, 0.29) is 5.22 Å². The number of hydrogen-bond donors (Lipinski definition) is 1. The Kier molecular flexibility index (Phi) is 3.32. The number of esters is 1. The number of halogens is 1. The molecule has 1 atom stereocenters. The summed E-state index contributed by atoms with van der Waals surface area (Å²) in [5.74, 6) is -0.978. The van der Waals surface area contributed by atoms with Crippen molar-refractivity contribution in [3.05, 3.63) is 41.1 Å². The fourth-order valence-electron chi connectivity index (χ4n) is 1.60. The maximum Gasteiger partial charge on any atom is 0.323 e. The summed E-state index contributed by atoms with van der Waals surface area (Å²) in [6, 6.07) is 6.43. The molecule has 1 aliphatic heterocycles. The Labute approximate surface area is 109 Å². The second-order valence-corrected chi connectivity index (χ2v) is 5.99. The first-order valence-electron chi connectivity index (χ1n) is 5.02. The van der Waals surface area contributed by atoms with E-state index in [1.165, 1.54) is 6.08 Å². The lowest BCUT2D eigenvalue weighted by Crippen LogP contribution is -2.10. The van der Waals surface area contributed by atoms with Crippen molar-refractivity contribution < 1.29 is 17.9 Å². The molecule has 1 aromatic carbocycles. The van der Waals surface area contributed by atoms with Crippen molar-refractivity contribution in [3.63, 3.8) is 0 Å².